The molecule has 0 saturated heterocycles. The van der Waals surface area contributed by atoms with Crippen LogP contribution in [0.25, 0.3) is 0 Å². The van der Waals surface area contributed by atoms with Gasteiger partial charge in [-0.05, 0) is 78.4 Å². The van der Waals surface area contributed by atoms with Gasteiger partial charge in [-0.2, -0.15) is 0 Å². The second-order valence-electron chi connectivity index (χ2n) is 10.4. The van der Waals surface area contributed by atoms with E-state index >= 15 is 0 Å². The maximum Gasteiger partial charge on any atom is 0.203 e. The van der Waals surface area contributed by atoms with Crippen molar-refractivity contribution in [1.82, 2.24) is 4.90 Å². The molecule has 0 fully saturated rings. The van der Waals surface area contributed by atoms with Gasteiger partial charge in [0.1, 0.15) is 13.2 Å². The van der Waals surface area contributed by atoms with Crippen molar-refractivity contribution in [2.45, 2.75) is 38.5 Å². The molecule has 4 aromatic rings. The van der Waals surface area contributed by atoms with Gasteiger partial charge in [-0.1, -0.05) is 60.7 Å². The van der Waals surface area contributed by atoms with E-state index in [0.29, 0.717) is 30.5 Å². The fraction of sp³-hybridized carbons (Fsp3) is 0.314. The zero-order valence-electron chi connectivity index (χ0n) is 24.4. The summed E-state index contributed by atoms with van der Waals surface area (Å²) in [6, 6.07) is 29.1. The number of nitrogens with zero attached hydrogens (tertiary/aromatic N) is 1. The standard InChI is InChI=1S/C35H39NO5/c1-36-18-17-28-21-31(37-2)32(40-23-25-11-7-5-8-12-25)22-29(28)30(36)16-15-27-19-33(38-3)35(39-4)34(20-27)41-24-26-13-9-6-10-14-26/h5-14,19-22,30H,15-18,23-24H2,1-4H3. The molecule has 0 amide bonds. The Morgan fingerprint density at radius 3 is 1.88 bits per heavy atom. The monoisotopic (exact) mass is 553 g/mol. The Morgan fingerprint density at radius 2 is 1.27 bits per heavy atom. The summed E-state index contributed by atoms with van der Waals surface area (Å²) >= 11 is 0. The quantitative estimate of drug-likeness (QED) is 0.188. The largest absolute Gasteiger partial charge is 0.493 e. The highest BCUT2D eigenvalue weighted by molar-refractivity contribution is 5.54. The Hall–Kier alpha value is -4.16. The normalized spacial score (nSPS) is 14.7. The third-order valence-corrected chi connectivity index (χ3v) is 7.74. The predicted octanol–water partition coefficient (Wildman–Crippen LogP) is 7.03. The topological polar surface area (TPSA) is 49.4 Å². The summed E-state index contributed by atoms with van der Waals surface area (Å²) < 4.78 is 29.6. The van der Waals surface area contributed by atoms with E-state index in [1.54, 1.807) is 21.3 Å². The van der Waals surface area contributed by atoms with Crippen LogP contribution in [-0.2, 0) is 26.1 Å². The van der Waals surface area contributed by atoms with Crippen molar-refractivity contribution < 1.29 is 23.7 Å². The van der Waals surface area contributed by atoms with Crippen LogP contribution in [-0.4, -0.2) is 39.8 Å². The zero-order chi connectivity index (χ0) is 28.6. The first kappa shape index (κ1) is 28.4. The lowest BCUT2D eigenvalue weighted by Gasteiger charge is -2.35. The Kier molecular flexibility index (Phi) is 9.32. The molecule has 6 nitrogen and oxygen atoms in total. The lowest BCUT2D eigenvalue weighted by atomic mass is 9.88. The Bertz CT molecular complexity index is 1420. The van der Waals surface area contributed by atoms with Gasteiger partial charge in [0, 0.05) is 12.6 Å². The van der Waals surface area contributed by atoms with Crippen molar-refractivity contribution in [2.24, 2.45) is 0 Å². The molecule has 0 saturated carbocycles. The number of aryl methyl sites for hydroxylation is 1. The number of hydrogen-bond acceptors (Lipinski definition) is 6. The van der Waals surface area contributed by atoms with Crippen LogP contribution in [0.1, 0.15) is 40.3 Å². The lowest BCUT2D eigenvalue weighted by molar-refractivity contribution is 0.216. The summed E-state index contributed by atoms with van der Waals surface area (Å²) in [7, 11) is 7.22. The van der Waals surface area contributed by atoms with Crippen molar-refractivity contribution in [3.8, 4) is 28.7 Å². The third kappa shape index (κ3) is 6.77. The van der Waals surface area contributed by atoms with Gasteiger partial charge in [0.25, 0.3) is 0 Å². The molecule has 6 heteroatoms. The molecular weight excluding hydrogens is 514 g/mol. The highest BCUT2D eigenvalue weighted by Crippen LogP contribution is 2.42. The zero-order valence-corrected chi connectivity index (χ0v) is 24.4. The van der Waals surface area contributed by atoms with Crippen LogP contribution >= 0.6 is 0 Å². The van der Waals surface area contributed by atoms with E-state index in [1.807, 2.05) is 36.4 Å². The number of methoxy groups -OCH3 is 3. The molecule has 0 bridgehead atoms. The highest BCUT2D eigenvalue weighted by Gasteiger charge is 2.27. The summed E-state index contributed by atoms with van der Waals surface area (Å²) in [5, 5.41) is 0. The number of ether oxygens (including phenoxy) is 5. The van der Waals surface area contributed by atoms with Gasteiger partial charge in [0.15, 0.2) is 23.0 Å². The molecule has 1 aliphatic heterocycles. The molecule has 1 heterocycles. The van der Waals surface area contributed by atoms with Gasteiger partial charge in [0.2, 0.25) is 5.75 Å². The molecule has 0 radical (unpaired) electrons. The summed E-state index contributed by atoms with van der Waals surface area (Å²) in [5.74, 6) is 3.53. The molecule has 5 rings (SSSR count). The van der Waals surface area contributed by atoms with Gasteiger partial charge < -0.3 is 23.7 Å². The summed E-state index contributed by atoms with van der Waals surface area (Å²) in [6.45, 7) is 1.94. The number of fused-ring (bicyclic) bond motifs is 1. The molecule has 0 aromatic heterocycles. The summed E-state index contributed by atoms with van der Waals surface area (Å²) in [4.78, 5) is 2.43. The second kappa shape index (κ2) is 13.5. The maximum atomic E-state index is 6.27. The smallest absolute Gasteiger partial charge is 0.203 e. The van der Waals surface area contributed by atoms with E-state index in [0.717, 1.165) is 54.0 Å². The number of rotatable bonds is 12. The Morgan fingerprint density at radius 1 is 0.659 bits per heavy atom. The molecule has 1 aliphatic rings. The molecule has 0 aliphatic carbocycles. The molecule has 41 heavy (non-hydrogen) atoms. The van der Waals surface area contributed by atoms with Gasteiger partial charge in [-0.25, -0.2) is 0 Å². The highest BCUT2D eigenvalue weighted by atomic mass is 16.5. The van der Waals surface area contributed by atoms with Gasteiger partial charge >= 0.3 is 0 Å². The first-order valence-electron chi connectivity index (χ1n) is 14.1. The molecule has 1 atom stereocenters. The van der Waals surface area contributed by atoms with Crippen LogP contribution < -0.4 is 23.7 Å². The minimum Gasteiger partial charge on any atom is -0.493 e. The van der Waals surface area contributed by atoms with Gasteiger partial charge in [0.05, 0.1) is 21.3 Å². The summed E-state index contributed by atoms with van der Waals surface area (Å²) in [6.07, 6.45) is 2.76. The number of likely N-dealkylation sites (N-methyl/N-ethyl adjacent to an activating group) is 1. The molecule has 0 spiro atoms. The minimum absolute atomic E-state index is 0.241. The predicted molar refractivity (Wildman–Crippen MR) is 161 cm³/mol. The van der Waals surface area contributed by atoms with E-state index < -0.39 is 0 Å². The van der Waals surface area contributed by atoms with E-state index in [1.165, 1.54) is 11.1 Å². The first-order chi connectivity index (χ1) is 20.1. The maximum absolute atomic E-state index is 6.27. The molecule has 214 valence electrons. The first-order valence-corrected chi connectivity index (χ1v) is 14.1. The van der Waals surface area contributed by atoms with E-state index in [9.17, 15) is 0 Å². The van der Waals surface area contributed by atoms with Crippen LogP contribution in [0.3, 0.4) is 0 Å². The number of benzene rings is 4. The van der Waals surface area contributed by atoms with Gasteiger partial charge in [-0.3, -0.25) is 4.90 Å². The Labute approximate surface area is 243 Å². The van der Waals surface area contributed by atoms with Crippen LogP contribution in [0.4, 0.5) is 0 Å². The lowest BCUT2D eigenvalue weighted by Crippen LogP contribution is -2.32. The van der Waals surface area contributed by atoms with E-state index in [-0.39, 0.29) is 6.04 Å². The van der Waals surface area contributed by atoms with Crippen molar-refractivity contribution in [1.29, 1.82) is 0 Å². The third-order valence-electron chi connectivity index (χ3n) is 7.74. The average molecular weight is 554 g/mol. The average Bonchev–Trinajstić information content (AvgIpc) is 3.02. The van der Waals surface area contributed by atoms with Crippen LogP contribution in [0, 0.1) is 0 Å². The van der Waals surface area contributed by atoms with Crippen LogP contribution in [0.15, 0.2) is 84.9 Å². The van der Waals surface area contributed by atoms with E-state index in [4.69, 9.17) is 23.7 Å². The van der Waals surface area contributed by atoms with Crippen LogP contribution in [0.2, 0.25) is 0 Å². The SMILES string of the molecule is COc1cc2c(cc1OCc1ccccc1)C(CCc1cc(OC)c(OC)c(OCc3ccccc3)c1)N(C)CC2. The van der Waals surface area contributed by atoms with Crippen molar-refractivity contribution in [3.05, 3.63) is 113 Å². The summed E-state index contributed by atoms with van der Waals surface area (Å²) in [5.41, 5.74) is 5.97. The number of hydrogen-bond donors (Lipinski definition) is 0. The van der Waals surface area contributed by atoms with Crippen LogP contribution in [0.5, 0.6) is 28.7 Å². The Balaban J connectivity index is 1.37. The van der Waals surface area contributed by atoms with Gasteiger partial charge in [-0.15, -0.1) is 0 Å². The van der Waals surface area contributed by atoms with Crippen molar-refractivity contribution in [2.75, 3.05) is 34.9 Å². The molecular formula is C35H39NO5. The fourth-order valence-electron chi connectivity index (χ4n) is 5.49. The molecule has 1 unspecified atom stereocenters. The fourth-order valence-corrected chi connectivity index (χ4v) is 5.49. The minimum atomic E-state index is 0.241. The van der Waals surface area contributed by atoms with E-state index in [2.05, 4.69) is 60.5 Å². The second-order valence-corrected chi connectivity index (χ2v) is 10.4. The van der Waals surface area contributed by atoms with Crippen molar-refractivity contribution in [3.63, 3.8) is 0 Å². The van der Waals surface area contributed by atoms with Crippen molar-refractivity contribution >= 4 is 0 Å². The molecule has 0 N–H and O–H groups in total. The molecule has 4 aromatic carbocycles.